The second-order valence-electron chi connectivity index (χ2n) is 5.64. The van der Waals surface area contributed by atoms with Crippen molar-refractivity contribution in [3.05, 3.63) is 72.0 Å². The molecule has 0 aliphatic carbocycles. The first-order valence-electron chi connectivity index (χ1n) is 7.64. The van der Waals surface area contributed by atoms with Crippen molar-refractivity contribution in [3.63, 3.8) is 0 Å². The number of rotatable bonds is 1. The van der Waals surface area contributed by atoms with Gasteiger partial charge in [0.25, 0.3) is 0 Å². The van der Waals surface area contributed by atoms with Gasteiger partial charge in [-0.25, -0.2) is 9.97 Å². The molecule has 4 heteroatoms. The molecule has 0 aliphatic heterocycles. The van der Waals surface area contributed by atoms with Gasteiger partial charge in [-0.05, 0) is 23.7 Å². The SMILES string of the molecule is Clc1nc(-c2ccccc2)c2ccc3c4ccccc4sc3c2n1. The Morgan fingerprint density at radius 1 is 0.708 bits per heavy atom. The molecule has 24 heavy (non-hydrogen) atoms. The van der Waals surface area contributed by atoms with Crippen LogP contribution < -0.4 is 0 Å². The van der Waals surface area contributed by atoms with Crippen LogP contribution >= 0.6 is 22.9 Å². The Kier molecular flexibility index (Phi) is 3.05. The highest BCUT2D eigenvalue weighted by Gasteiger charge is 2.14. The van der Waals surface area contributed by atoms with E-state index >= 15 is 0 Å². The second kappa shape index (κ2) is 5.26. The van der Waals surface area contributed by atoms with Crippen LogP contribution in [-0.4, -0.2) is 9.97 Å². The smallest absolute Gasteiger partial charge is 0.217 e. The van der Waals surface area contributed by atoms with Crippen molar-refractivity contribution < 1.29 is 0 Å². The van der Waals surface area contributed by atoms with Gasteiger partial charge in [0.1, 0.15) is 0 Å². The largest absolute Gasteiger partial charge is 0.223 e. The molecule has 2 aromatic heterocycles. The van der Waals surface area contributed by atoms with E-state index in [1.54, 1.807) is 11.3 Å². The topological polar surface area (TPSA) is 25.8 Å². The third-order valence-corrected chi connectivity index (χ3v) is 5.59. The number of halogens is 1. The summed E-state index contributed by atoms with van der Waals surface area (Å²) in [4.78, 5) is 9.04. The fraction of sp³-hybridized carbons (Fsp3) is 0. The maximum absolute atomic E-state index is 6.26. The number of nitrogens with zero attached hydrogens (tertiary/aromatic N) is 2. The van der Waals surface area contributed by atoms with Crippen LogP contribution in [0.3, 0.4) is 0 Å². The van der Waals surface area contributed by atoms with E-state index in [2.05, 4.69) is 46.4 Å². The maximum atomic E-state index is 6.26. The highest BCUT2D eigenvalue weighted by Crippen LogP contribution is 2.39. The lowest BCUT2D eigenvalue weighted by atomic mass is 10.0. The number of benzene rings is 3. The van der Waals surface area contributed by atoms with E-state index in [-0.39, 0.29) is 5.28 Å². The molecule has 0 radical (unpaired) electrons. The van der Waals surface area contributed by atoms with Crippen LogP contribution in [0.4, 0.5) is 0 Å². The van der Waals surface area contributed by atoms with E-state index in [1.807, 2.05) is 30.3 Å². The first kappa shape index (κ1) is 13.9. The molecular formula is C20H11ClN2S. The van der Waals surface area contributed by atoms with Crippen molar-refractivity contribution in [2.75, 3.05) is 0 Å². The zero-order valence-electron chi connectivity index (χ0n) is 12.5. The molecule has 3 aromatic carbocycles. The average Bonchev–Trinajstić information content (AvgIpc) is 3.01. The third kappa shape index (κ3) is 2.02. The van der Waals surface area contributed by atoms with Crippen molar-refractivity contribution in [2.24, 2.45) is 0 Å². The van der Waals surface area contributed by atoms with E-state index < -0.39 is 0 Å². The summed E-state index contributed by atoms with van der Waals surface area (Å²) in [5.74, 6) is 0. The van der Waals surface area contributed by atoms with Gasteiger partial charge in [-0.1, -0.05) is 54.6 Å². The molecule has 5 rings (SSSR count). The summed E-state index contributed by atoms with van der Waals surface area (Å²) in [7, 11) is 0. The molecular weight excluding hydrogens is 336 g/mol. The summed E-state index contributed by atoms with van der Waals surface area (Å²) in [5.41, 5.74) is 2.85. The molecule has 0 bridgehead atoms. The Balaban J connectivity index is 1.95. The van der Waals surface area contributed by atoms with Crippen LogP contribution in [-0.2, 0) is 0 Å². The van der Waals surface area contributed by atoms with Crippen LogP contribution in [0.5, 0.6) is 0 Å². The van der Waals surface area contributed by atoms with Crippen molar-refractivity contribution in [1.29, 1.82) is 0 Å². The first-order chi connectivity index (χ1) is 11.8. The van der Waals surface area contributed by atoms with Crippen LogP contribution in [0.15, 0.2) is 66.7 Å². The number of fused-ring (bicyclic) bond motifs is 5. The van der Waals surface area contributed by atoms with Gasteiger partial charge in [0, 0.05) is 26.4 Å². The van der Waals surface area contributed by atoms with Gasteiger partial charge < -0.3 is 0 Å². The average molecular weight is 347 g/mol. The Labute approximate surface area is 147 Å². The molecule has 0 amide bonds. The predicted molar refractivity (Wildman–Crippen MR) is 103 cm³/mol. The zero-order chi connectivity index (χ0) is 16.1. The Bertz CT molecular complexity index is 1210. The van der Waals surface area contributed by atoms with Gasteiger partial charge in [-0.3, -0.25) is 0 Å². The maximum Gasteiger partial charge on any atom is 0.223 e. The Hall–Kier alpha value is -2.49. The summed E-state index contributed by atoms with van der Waals surface area (Å²) in [6.07, 6.45) is 0. The van der Waals surface area contributed by atoms with Gasteiger partial charge in [0.15, 0.2) is 0 Å². The van der Waals surface area contributed by atoms with E-state index in [0.717, 1.165) is 26.9 Å². The number of thiophene rings is 1. The molecule has 0 N–H and O–H groups in total. The standard InChI is InChI=1S/C20H11ClN2S/c21-20-22-17(12-6-2-1-3-7-12)15-11-10-14-13-8-4-5-9-16(13)24-19(14)18(15)23-20/h1-11H. The predicted octanol–water partition coefficient (Wildman–Crippen LogP) is 6.32. The van der Waals surface area contributed by atoms with Crippen molar-refractivity contribution in [1.82, 2.24) is 9.97 Å². The van der Waals surface area contributed by atoms with Gasteiger partial charge in [-0.2, -0.15) is 0 Å². The Morgan fingerprint density at radius 2 is 1.46 bits per heavy atom. The Morgan fingerprint density at radius 3 is 2.33 bits per heavy atom. The third-order valence-electron chi connectivity index (χ3n) is 4.23. The highest BCUT2D eigenvalue weighted by molar-refractivity contribution is 7.26. The monoisotopic (exact) mass is 346 g/mol. The molecule has 0 aliphatic rings. The van der Waals surface area contributed by atoms with Gasteiger partial charge in [0.05, 0.1) is 15.9 Å². The van der Waals surface area contributed by atoms with Crippen LogP contribution in [0, 0.1) is 0 Å². The van der Waals surface area contributed by atoms with Gasteiger partial charge >= 0.3 is 0 Å². The van der Waals surface area contributed by atoms with E-state index in [0.29, 0.717) is 0 Å². The highest BCUT2D eigenvalue weighted by atomic mass is 35.5. The minimum atomic E-state index is 0.284. The number of aromatic nitrogens is 2. The number of hydrogen-bond donors (Lipinski definition) is 0. The van der Waals surface area contributed by atoms with Crippen molar-refractivity contribution >= 4 is 54.0 Å². The molecule has 0 saturated heterocycles. The normalized spacial score (nSPS) is 11.5. The molecule has 5 aromatic rings. The second-order valence-corrected chi connectivity index (χ2v) is 7.03. The molecule has 0 saturated carbocycles. The summed E-state index contributed by atoms with van der Waals surface area (Å²) in [6, 6.07) is 22.8. The molecule has 0 atom stereocenters. The van der Waals surface area contributed by atoms with E-state index in [9.17, 15) is 0 Å². The van der Waals surface area contributed by atoms with Crippen molar-refractivity contribution in [3.8, 4) is 11.3 Å². The van der Waals surface area contributed by atoms with E-state index in [4.69, 9.17) is 11.6 Å². The molecule has 2 heterocycles. The first-order valence-corrected chi connectivity index (χ1v) is 8.83. The zero-order valence-corrected chi connectivity index (χ0v) is 14.1. The van der Waals surface area contributed by atoms with Crippen LogP contribution in [0.1, 0.15) is 0 Å². The molecule has 0 unspecified atom stereocenters. The molecule has 2 nitrogen and oxygen atoms in total. The fourth-order valence-corrected chi connectivity index (χ4v) is 4.53. The van der Waals surface area contributed by atoms with Crippen molar-refractivity contribution in [2.45, 2.75) is 0 Å². The minimum Gasteiger partial charge on any atom is -0.217 e. The summed E-state index contributed by atoms with van der Waals surface area (Å²) >= 11 is 8.01. The summed E-state index contributed by atoms with van der Waals surface area (Å²) in [5, 5.41) is 3.79. The lowest BCUT2D eigenvalue weighted by Gasteiger charge is -2.07. The fourth-order valence-electron chi connectivity index (χ4n) is 3.16. The van der Waals surface area contributed by atoms with Gasteiger partial charge in [0.2, 0.25) is 5.28 Å². The number of hydrogen-bond acceptors (Lipinski definition) is 3. The minimum absolute atomic E-state index is 0.284. The van der Waals surface area contributed by atoms with Gasteiger partial charge in [-0.15, -0.1) is 11.3 Å². The molecule has 0 fully saturated rings. The summed E-state index contributed by atoms with van der Waals surface area (Å²) < 4.78 is 2.42. The lowest BCUT2D eigenvalue weighted by molar-refractivity contribution is 1.23. The molecule has 0 spiro atoms. The van der Waals surface area contributed by atoms with Crippen LogP contribution in [0.2, 0.25) is 5.28 Å². The lowest BCUT2D eigenvalue weighted by Crippen LogP contribution is -1.91. The van der Waals surface area contributed by atoms with E-state index in [1.165, 1.54) is 15.5 Å². The quantitative estimate of drug-likeness (QED) is 0.332. The summed E-state index contributed by atoms with van der Waals surface area (Å²) in [6.45, 7) is 0. The molecule has 114 valence electrons. The van der Waals surface area contributed by atoms with Crippen LogP contribution in [0.25, 0.3) is 42.3 Å².